The van der Waals surface area contributed by atoms with Crippen molar-refractivity contribution in [3.8, 4) is 11.1 Å². The zero-order valence-electron chi connectivity index (χ0n) is 8.48. The summed E-state index contributed by atoms with van der Waals surface area (Å²) in [5.74, 6) is -3.69. The van der Waals surface area contributed by atoms with Crippen LogP contribution in [-0.2, 0) is 0 Å². The van der Waals surface area contributed by atoms with Crippen LogP contribution in [0.1, 0.15) is 0 Å². The Balaban J connectivity index is 2.65. The number of rotatable bonds is 1. The first-order valence-electron chi connectivity index (χ1n) is 4.69. The summed E-state index contributed by atoms with van der Waals surface area (Å²) in [6, 6.07) is 4.65. The van der Waals surface area contributed by atoms with E-state index in [9.17, 15) is 17.6 Å². The van der Waals surface area contributed by atoms with E-state index in [-0.39, 0.29) is 11.1 Å². The fourth-order valence-electron chi connectivity index (χ4n) is 1.49. The van der Waals surface area contributed by atoms with Crippen molar-refractivity contribution in [3.05, 3.63) is 53.6 Å². The van der Waals surface area contributed by atoms with Crippen LogP contribution in [0.5, 0.6) is 0 Å². The van der Waals surface area contributed by atoms with Crippen molar-refractivity contribution in [2.24, 2.45) is 0 Å². The third kappa shape index (κ3) is 1.95. The molecule has 0 unspecified atom stereocenters. The topological polar surface area (TPSA) is 26.0 Å². The smallest absolute Gasteiger partial charge is 0.157 e. The number of nitrogen functional groups attached to an aromatic ring is 1. The Labute approximate surface area is 94.5 Å². The highest BCUT2D eigenvalue weighted by Crippen LogP contribution is 2.30. The van der Waals surface area contributed by atoms with Crippen molar-refractivity contribution >= 4 is 5.69 Å². The maximum Gasteiger partial charge on any atom is 0.157 e. The van der Waals surface area contributed by atoms with Gasteiger partial charge in [-0.25, -0.2) is 17.6 Å². The molecule has 0 aromatic heterocycles. The van der Waals surface area contributed by atoms with Crippen LogP contribution in [0.2, 0.25) is 0 Å². The zero-order chi connectivity index (χ0) is 12.6. The molecule has 2 aromatic rings. The van der Waals surface area contributed by atoms with Crippen LogP contribution >= 0.6 is 0 Å². The molecule has 0 heterocycles. The van der Waals surface area contributed by atoms with Crippen molar-refractivity contribution in [3.63, 3.8) is 0 Å². The van der Waals surface area contributed by atoms with Gasteiger partial charge in [-0.3, -0.25) is 0 Å². The molecule has 0 radical (unpaired) electrons. The molecular weight excluding hydrogens is 234 g/mol. The van der Waals surface area contributed by atoms with Crippen LogP contribution in [0.4, 0.5) is 23.2 Å². The third-order valence-electron chi connectivity index (χ3n) is 2.35. The van der Waals surface area contributed by atoms with Gasteiger partial charge in [-0.15, -0.1) is 0 Å². The predicted molar refractivity (Wildman–Crippen MR) is 56.1 cm³/mol. The van der Waals surface area contributed by atoms with Gasteiger partial charge < -0.3 is 5.73 Å². The molecule has 0 atom stereocenters. The van der Waals surface area contributed by atoms with E-state index in [0.29, 0.717) is 6.07 Å². The molecule has 0 aliphatic carbocycles. The number of halogens is 4. The number of hydrogen-bond donors (Lipinski definition) is 1. The van der Waals surface area contributed by atoms with Crippen molar-refractivity contribution in [1.29, 1.82) is 0 Å². The van der Waals surface area contributed by atoms with Gasteiger partial charge in [0.25, 0.3) is 0 Å². The van der Waals surface area contributed by atoms with E-state index >= 15 is 0 Å². The first kappa shape index (κ1) is 11.4. The van der Waals surface area contributed by atoms with E-state index in [1.165, 1.54) is 0 Å². The fraction of sp³-hybridized carbons (Fsp3) is 0. The largest absolute Gasteiger partial charge is 0.394 e. The Hall–Kier alpha value is -2.04. The van der Waals surface area contributed by atoms with Crippen molar-refractivity contribution in [2.45, 2.75) is 0 Å². The molecule has 0 bridgehead atoms. The third-order valence-corrected chi connectivity index (χ3v) is 2.35. The lowest BCUT2D eigenvalue weighted by atomic mass is 10.0. The quantitative estimate of drug-likeness (QED) is 0.600. The summed E-state index contributed by atoms with van der Waals surface area (Å²) in [6.07, 6.45) is 0. The average molecular weight is 241 g/mol. The standard InChI is InChI=1S/C12H7F4N/c13-6-1-2-7(10(15)5-6)8-3-4-9(14)12(17)11(8)16/h1-5H,17H2. The average Bonchev–Trinajstić information content (AvgIpc) is 2.28. The van der Waals surface area contributed by atoms with Gasteiger partial charge in [0.1, 0.15) is 23.1 Å². The molecule has 0 aliphatic rings. The minimum Gasteiger partial charge on any atom is -0.394 e. The minimum atomic E-state index is -1.06. The maximum absolute atomic E-state index is 13.6. The fourth-order valence-corrected chi connectivity index (χ4v) is 1.49. The number of hydrogen-bond acceptors (Lipinski definition) is 1. The molecule has 0 spiro atoms. The van der Waals surface area contributed by atoms with Gasteiger partial charge in [-0.1, -0.05) is 0 Å². The first-order valence-corrected chi connectivity index (χ1v) is 4.69. The SMILES string of the molecule is Nc1c(F)ccc(-c2ccc(F)cc2F)c1F. The van der Waals surface area contributed by atoms with Crippen LogP contribution in [0, 0.1) is 23.3 Å². The van der Waals surface area contributed by atoms with Crippen molar-refractivity contribution in [2.75, 3.05) is 5.73 Å². The van der Waals surface area contributed by atoms with Gasteiger partial charge in [-0.2, -0.15) is 0 Å². The Kier molecular flexibility index (Phi) is 2.75. The molecule has 0 fully saturated rings. The molecule has 2 N–H and O–H groups in total. The first-order chi connectivity index (χ1) is 8.00. The van der Waals surface area contributed by atoms with Crippen LogP contribution < -0.4 is 5.73 Å². The second kappa shape index (κ2) is 4.08. The van der Waals surface area contributed by atoms with Crippen LogP contribution in [-0.4, -0.2) is 0 Å². The highest BCUT2D eigenvalue weighted by Gasteiger charge is 2.15. The molecular formula is C12H7F4N. The minimum absolute atomic E-state index is 0.171. The highest BCUT2D eigenvalue weighted by molar-refractivity contribution is 5.69. The van der Waals surface area contributed by atoms with Gasteiger partial charge in [-0.05, 0) is 24.3 Å². The molecule has 0 saturated carbocycles. The Morgan fingerprint density at radius 2 is 1.41 bits per heavy atom. The van der Waals surface area contributed by atoms with Crippen LogP contribution in [0.15, 0.2) is 30.3 Å². The highest BCUT2D eigenvalue weighted by atomic mass is 19.1. The molecule has 2 rings (SSSR count). The Morgan fingerprint density at radius 1 is 0.765 bits per heavy atom. The monoisotopic (exact) mass is 241 g/mol. The van der Waals surface area contributed by atoms with E-state index < -0.39 is 29.0 Å². The summed E-state index contributed by atoms with van der Waals surface area (Å²) in [7, 11) is 0. The molecule has 88 valence electrons. The summed E-state index contributed by atoms with van der Waals surface area (Å²) >= 11 is 0. The lowest BCUT2D eigenvalue weighted by Crippen LogP contribution is -1.98. The van der Waals surface area contributed by atoms with E-state index in [1.54, 1.807) is 0 Å². The Morgan fingerprint density at radius 3 is 2.06 bits per heavy atom. The van der Waals surface area contributed by atoms with E-state index in [0.717, 1.165) is 24.3 Å². The van der Waals surface area contributed by atoms with Gasteiger partial charge in [0, 0.05) is 17.2 Å². The number of nitrogens with two attached hydrogens (primary N) is 1. The van der Waals surface area contributed by atoms with Crippen molar-refractivity contribution in [1.82, 2.24) is 0 Å². The van der Waals surface area contributed by atoms with Gasteiger partial charge >= 0.3 is 0 Å². The predicted octanol–water partition coefficient (Wildman–Crippen LogP) is 3.49. The summed E-state index contributed by atoms with van der Waals surface area (Å²) in [4.78, 5) is 0. The second-order valence-corrected chi connectivity index (χ2v) is 3.45. The summed E-state index contributed by atoms with van der Waals surface area (Å²) in [5, 5.41) is 0. The maximum atomic E-state index is 13.6. The molecule has 1 nitrogen and oxygen atoms in total. The van der Waals surface area contributed by atoms with E-state index in [4.69, 9.17) is 5.73 Å². The molecule has 0 aliphatic heterocycles. The van der Waals surface area contributed by atoms with Crippen LogP contribution in [0.25, 0.3) is 11.1 Å². The molecule has 2 aromatic carbocycles. The molecule has 0 saturated heterocycles. The van der Waals surface area contributed by atoms with Gasteiger partial charge in [0.2, 0.25) is 0 Å². The second-order valence-electron chi connectivity index (χ2n) is 3.45. The molecule has 0 amide bonds. The Bertz CT molecular complexity index is 581. The summed E-state index contributed by atoms with van der Waals surface area (Å²) in [6.45, 7) is 0. The van der Waals surface area contributed by atoms with Crippen molar-refractivity contribution < 1.29 is 17.6 Å². The number of anilines is 1. The zero-order valence-corrected chi connectivity index (χ0v) is 8.48. The number of benzene rings is 2. The lowest BCUT2D eigenvalue weighted by Gasteiger charge is -2.07. The normalized spacial score (nSPS) is 10.6. The molecule has 5 heteroatoms. The van der Waals surface area contributed by atoms with Crippen LogP contribution in [0.3, 0.4) is 0 Å². The summed E-state index contributed by atoms with van der Waals surface area (Å²) in [5.41, 5.74) is 4.09. The lowest BCUT2D eigenvalue weighted by molar-refractivity contribution is 0.579. The van der Waals surface area contributed by atoms with E-state index in [2.05, 4.69) is 0 Å². The molecule has 17 heavy (non-hydrogen) atoms. The van der Waals surface area contributed by atoms with E-state index in [1.807, 2.05) is 0 Å². The van der Waals surface area contributed by atoms with Gasteiger partial charge in [0.15, 0.2) is 5.82 Å². The summed E-state index contributed by atoms with van der Waals surface area (Å²) < 4.78 is 52.6. The van der Waals surface area contributed by atoms with Gasteiger partial charge in [0.05, 0.1) is 0 Å².